The van der Waals surface area contributed by atoms with Gasteiger partial charge in [-0.3, -0.25) is 20.9 Å². The molecule has 0 spiro atoms. The number of rotatable bonds is 4. The second-order valence-corrected chi connectivity index (χ2v) is 5.18. The van der Waals surface area contributed by atoms with Crippen molar-refractivity contribution in [3.8, 4) is 0 Å². The monoisotopic (exact) mass is 279 g/mol. The third-order valence-corrected chi connectivity index (χ3v) is 3.66. The molecular formula is C13H21N5O2. The second kappa shape index (κ2) is 6.65. The zero-order valence-electron chi connectivity index (χ0n) is 11.7. The fraction of sp³-hybridized carbons (Fsp3) is 0.538. The quantitative estimate of drug-likeness (QED) is 0.486. The summed E-state index contributed by atoms with van der Waals surface area (Å²) in [5.74, 6) is 5.49. The molecule has 2 rings (SSSR count). The number of nitrogen functional groups attached to an aromatic ring is 1. The van der Waals surface area contributed by atoms with E-state index < -0.39 is 0 Å². The largest absolute Gasteiger partial charge is 0.324 e. The van der Waals surface area contributed by atoms with E-state index in [2.05, 4.69) is 22.3 Å². The van der Waals surface area contributed by atoms with Gasteiger partial charge >= 0.3 is 0 Å². The highest BCUT2D eigenvalue weighted by Crippen LogP contribution is 2.23. The predicted octanol–water partition coefficient (Wildman–Crippen LogP) is 1.02. The molecule has 0 atom stereocenters. The van der Waals surface area contributed by atoms with Crippen LogP contribution >= 0.6 is 0 Å². The van der Waals surface area contributed by atoms with Gasteiger partial charge in [0.25, 0.3) is 5.69 Å². The van der Waals surface area contributed by atoms with Crippen LogP contribution in [0.4, 0.5) is 11.4 Å². The molecule has 7 heteroatoms. The molecule has 0 radical (unpaired) electrons. The first-order valence-electron chi connectivity index (χ1n) is 6.75. The first-order valence-corrected chi connectivity index (χ1v) is 6.75. The fourth-order valence-corrected chi connectivity index (χ4v) is 2.46. The Morgan fingerprint density at radius 2 is 2.15 bits per heavy atom. The summed E-state index contributed by atoms with van der Waals surface area (Å²) in [5.41, 5.74) is 4.33. The summed E-state index contributed by atoms with van der Waals surface area (Å²) in [6.07, 6.45) is 1.11. The molecule has 1 aromatic rings. The maximum absolute atomic E-state index is 10.9. The lowest BCUT2D eigenvalue weighted by Crippen LogP contribution is -2.29. The summed E-state index contributed by atoms with van der Waals surface area (Å²) in [5, 5.41) is 10.9. The number of benzene rings is 1. The van der Waals surface area contributed by atoms with Gasteiger partial charge in [0.2, 0.25) is 0 Å². The molecule has 0 aromatic heterocycles. The van der Waals surface area contributed by atoms with E-state index in [0.29, 0.717) is 6.54 Å². The molecule has 1 fully saturated rings. The summed E-state index contributed by atoms with van der Waals surface area (Å²) in [7, 11) is 2.11. The van der Waals surface area contributed by atoms with Crippen LogP contribution in [0.1, 0.15) is 12.0 Å². The summed E-state index contributed by atoms with van der Waals surface area (Å²) in [4.78, 5) is 15.1. The lowest BCUT2D eigenvalue weighted by molar-refractivity contribution is -0.384. The highest BCUT2D eigenvalue weighted by atomic mass is 16.6. The molecule has 3 N–H and O–H groups in total. The van der Waals surface area contributed by atoms with Crippen molar-refractivity contribution < 1.29 is 4.92 Å². The number of nitrogens with zero attached hydrogens (tertiary/aromatic N) is 3. The number of anilines is 1. The van der Waals surface area contributed by atoms with Gasteiger partial charge < -0.3 is 10.3 Å². The SMILES string of the molecule is CN1CCCN(Cc2cc([N+](=O)[O-])ccc2NN)CC1. The Balaban J connectivity index is 2.14. The van der Waals surface area contributed by atoms with Crippen molar-refractivity contribution in [1.29, 1.82) is 0 Å². The molecule has 7 nitrogen and oxygen atoms in total. The fourth-order valence-electron chi connectivity index (χ4n) is 2.46. The van der Waals surface area contributed by atoms with Crippen LogP contribution in [0.5, 0.6) is 0 Å². The molecule has 1 aliphatic heterocycles. The molecule has 0 saturated carbocycles. The van der Waals surface area contributed by atoms with Crippen molar-refractivity contribution in [1.82, 2.24) is 9.80 Å². The van der Waals surface area contributed by atoms with Crippen LogP contribution in [-0.4, -0.2) is 47.9 Å². The van der Waals surface area contributed by atoms with Crippen molar-refractivity contribution in [2.75, 3.05) is 38.7 Å². The molecule has 0 bridgehead atoms. The topological polar surface area (TPSA) is 87.7 Å². The van der Waals surface area contributed by atoms with Gasteiger partial charge in [-0.05, 0) is 38.2 Å². The Bertz CT molecular complexity index is 480. The van der Waals surface area contributed by atoms with E-state index >= 15 is 0 Å². The Morgan fingerprint density at radius 3 is 2.85 bits per heavy atom. The van der Waals surface area contributed by atoms with Gasteiger partial charge in [-0.15, -0.1) is 0 Å². The van der Waals surface area contributed by atoms with E-state index in [1.54, 1.807) is 12.1 Å². The van der Waals surface area contributed by atoms with E-state index in [1.807, 2.05) is 0 Å². The van der Waals surface area contributed by atoms with Gasteiger partial charge in [-0.25, -0.2) is 0 Å². The summed E-state index contributed by atoms with van der Waals surface area (Å²) in [6, 6.07) is 4.73. The third-order valence-electron chi connectivity index (χ3n) is 3.66. The van der Waals surface area contributed by atoms with Crippen LogP contribution in [0, 0.1) is 10.1 Å². The number of nitrogens with one attached hydrogen (secondary N) is 1. The molecule has 1 aromatic carbocycles. The molecule has 1 heterocycles. The van der Waals surface area contributed by atoms with Gasteiger partial charge in [0.05, 0.1) is 10.6 Å². The molecular weight excluding hydrogens is 258 g/mol. The number of hydrogen-bond donors (Lipinski definition) is 2. The lowest BCUT2D eigenvalue weighted by atomic mass is 10.1. The number of nitro benzene ring substituents is 1. The van der Waals surface area contributed by atoms with Crippen molar-refractivity contribution in [2.24, 2.45) is 5.84 Å². The second-order valence-electron chi connectivity index (χ2n) is 5.18. The molecule has 20 heavy (non-hydrogen) atoms. The minimum atomic E-state index is -0.375. The molecule has 1 saturated heterocycles. The van der Waals surface area contributed by atoms with E-state index in [9.17, 15) is 10.1 Å². The molecule has 1 aliphatic rings. The molecule has 0 unspecified atom stereocenters. The minimum absolute atomic E-state index is 0.103. The number of likely N-dealkylation sites (N-methyl/N-ethyl adjacent to an activating group) is 1. The van der Waals surface area contributed by atoms with Crippen LogP contribution in [0.15, 0.2) is 18.2 Å². The van der Waals surface area contributed by atoms with Gasteiger partial charge in [0, 0.05) is 31.8 Å². The highest BCUT2D eigenvalue weighted by Gasteiger charge is 2.16. The van der Waals surface area contributed by atoms with Crippen molar-refractivity contribution in [2.45, 2.75) is 13.0 Å². The van der Waals surface area contributed by atoms with Crippen LogP contribution < -0.4 is 11.3 Å². The summed E-state index contributed by atoms with van der Waals surface area (Å²) in [6.45, 7) is 4.74. The molecule has 0 aliphatic carbocycles. The number of nitro groups is 1. The number of hydrogen-bond acceptors (Lipinski definition) is 6. The van der Waals surface area contributed by atoms with Gasteiger partial charge in [-0.2, -0.15) is 0 Å². The standard InChI is InChI=1S/C13H21N5O2/c1-16-5-2-6-17(8-7-16)10-11-9-12(18(19)20)3-4-13(11)15-14/h3-4,9,15H,2,5-8,10,14H2,1H3. The van der Waals surface area contributed by atoms with Crippen molar-refractivity contribution in [3.05, 3.63) is 33.9 Å². The van der Waals surface area contributed by atoms with E-state index in [-0.39, 0.29) is 10.6 Å². The zero-order chi connectivity index (χ0) is 14.5. The minimum Gasteiger partial charge on any atom is -0.324 e. The Labute approximate surface area is 118 Å². The first-order chi connectivity index (χ1) is 9.60. The Hall–Kier alpha value is -1.70. The maximum atomic E-state index is 10.9. The third kappa shape index (κ3) is 3.66. The van der Waals surface area contributed by atoms with Crippen LogP contribution in [0.25, 0.3) is 0 Å². The van der Waals surface area contributed by atoms with E-state index in [4.69, 9.17) is 5.84 Å². The average Bonchev–Trinajstić information content (AvgIpc) is 2.63. The average molecular weight is 279 g/mol. The van der Waals surface area contributed by atoms with E-state index in [0.717, 1.165) is 43.9 Å². The number of hydrazine groups is 1. The van der Waals surface area contributed by atoms with Crippen molar-refractivity contribution >= 4 is 11.4 Å². The van der Waals surface area contributed by atoms with E-state index in [1.165, 1.54) is 6.07 Å². The Morgan fingerprint density at radius 1 is 1.35 bits per heavy atom. The first kappa shape index (κ1) is 14.7. The van der Waals surface area contributed by atoms with Gasteiger partial charge in [-0.1, -0.05) is 0 Å². The molecule has 0 amide bonds. The smallest absolute Gasteiger partial charge is 0.269 e. The predicted molar refractivity (Wildman–Crippen MR) is 78.3 cm³/mol. The van der Waals surface area contributed by atoms with Crippen LogP contribution in [0.3, 0.4) is 0 Å². The van der Waals surface area contributed by atoms with Gasteiger partial charge in [0.1, 0.15) is 0 Å². The molecule has 110 valence electrons. The lowest BCUT2D eigenvalue weighted by Gasteiger charge is -2.21. The number of nitrogens with two attached hydrogens (primary N) is 1. The van der Waals surface area contributed by atoms with Crippen LogP contribution in [0.2, 0.25) is 0 Å². The maximum Gasteiger partial charge on any atom is 0.269 e. The summed E-state index contributed by atoms with van der Waals surface area (Å²) < 4.78 is 0. The normalized spacial score (nSPS) is 17.7. The van der Waals surface area contributed by atoms with Gasteiger partial charge in [0.15, 0.2) is 0 Å². The number of non-ortho nitro benzene ring substituents is 1. The van der Waals surface area contributed by atoms with Crippen molar-refractivity contribution in [3.63, 3.8) is 0 Å². The van der Waals surface area contributed by atoms with Crippen LogP contribution in [-0.2, 0) is 6.54 Å². The Kier molecular flexibility index (Phi) is 4.89. The zero-order valence-corrected chi connectivity index (χ0v) is 11.7. The summed E-state index contributed by atoms with van der Waals surface area (Å²) >= 11 is 0. The highest BCUT2D eigenvalue weighted by molar-refractivity contribution is 5.55.